The van der Waals surface area contributed by atoms with Gasteiger partial charge in [0.2, 0.25) is 5.91 Å². The zero-order valence-electron chi connectivity index (χ0n) is 20.0. The molecule has 0 radical (unpaired) electrons. The molecule has 0 fully saturated rings. The molecule has 2 aliphatic rings. The molecule has 196 valence electrons. The second-order valence-electron chi connectivity index (χ2n) is 8.73. The molecule has 1 aliphatic heterocycles. The fraction of sp³-hybridized carbons (Fsp3) is 0.333. The molecule has 1 aliphatic carbocycles. The summed E-state index contributed by atoms with van der Waals surface area (Å²) in [6.07, 6.45) is -1.02. The second kappa shape index (κ2) is 11.5. The van der Waals surface area contributed by atoms with Gasteiger partial charge in [-0.25, -0.2) is 0 Å². The molecule has 37 heavy (non-hydrogen) atoms. The summed E-state index contributed by atoms with van der Waals surface area (Å²) in [6, 6.07) is 12.2. The van der Waals surface area contributed by atoms with Crippen molar-refractivity contribution in [1.29, 1.82) is 0 Å². The molecule has 0 saturated heterocycles. The van der Waals surface area contributed by atoms with E-state index in [1.807, 2.05) is 6.08 Å². The van der Waals surface area contributed by atoms with E-state index in [1.165, 1.54) is 6.07 Å². The first kappa shape index (κ1) is 26.3. The number of alkyl halides is 3. The highest BCUT2D eigenvalue weighted by atomic mass is 19.4. The predicted molar refractivity (Wildman–Crippen MR) is 129 cm³/mol. The number of carbonyl (C=O) groups is 2. The van der Waals surface area contributed by atoms with E-state index >= 15 is 0 Å². The van der Waals surface area contributed by atoms with Gasteiger partial charge in [0.15, 0.2) is 0 Å². The number of nitrogens with one attached hydrogen (secondary N) is 1. The van der Waals surface area contributed by atoms with Gasteiger partial charge in [0.25, 0.3) is 0 Å². The normalized spacial score (nSPS) is 15.3. The van der Waals surface area contributed by atoms with Crippen LogP contribution in [0.1, 0.15) is 36.8 Å². The predicted octanol–water partition coefficient (Wildman–Crippen LogP) is 5.24. The van der Waals surface area contributed by atoms with E-state index < -0.39 is 17.7 Å². The number of carboxylic acid groups (broad SMARTS) is 1. The average molecular weight is 517 g/mol. The summed E-state index contributed by atoms with van der Waals surface area (Å²) in [6.45, 7) is 0.780. The molecule has 0 unspecified atom stereocenters. The van der Waals surface area contributed by atoms with Gasteiger partial charge in [-0.2, -0.15) is 13.2 Å². The van der Waals surface area contributed by atoms with Crippen LogP contribution < -0.4 is 10.1 Å². The molecule has 1 amide bonds. The first-order valence-electron chi connectivity index (χ1n) is 11.9. The summed E-state index contributed by atoms with van der Waals surface area (Å²) in [5.74, 6) is -0.352. The average Bonchev–Trinajstić information content (AvgIpc) is 3.29. The largest absolute Gasteiger partial charge is 0.493 e. The third-order valence-electron chi connectivity index (χ3n) is 6.08. The van der Waals surface area contributed by atoms with Gasteiger partial charge in [-0.3, -0.25) is 9.59 Å². The Labute approximate surface area is 212 Å². The molecule has 0 saturated carbocycles. The maximum absolute atomic E-state index is 13.7. The lowest BCUT2D eigenvalue weighted by molar-refractivity contribution is -0.139. The van der Waals surface area contributed by atoms with Crippen LogP contribution in [0.15, 0.2) is 71.6 Å². The zero-order chi connectivity index (χ0) is 26.4. The summed E-state index contributed by atoms with van der Waals surface area (Å²) in [7, 11) is 0. The molecular weight excluding hydrogens is 489 g/mol. The highest BCUT2D eigenvalue weighted by molar-refractivity contribution is 5.81. The van der Waals surface area contributed by atoms with Crippen LogP contribution in [0.4, 0.5) is 13.2 Å². The number of para-hydroxylation sites is 1. The van der Waals surface area contributed by atoms with Gasteiger partial charge < -0.3 is 24.8 Å². The number of carboxylic acids is 1. The summed E-state index contributed by atoms with van der Waals surface area (Å²) >= 11 is 0. The molecule has 1 heterocycles. The van der Waals surface area contributed by atoms with Crippen molar-refractivity contribution in [2.24, 2.45) is 0 Å². The maximum atomic E-state index is 13.7. The highest BCUT2D eigenvalue weighted by Crippen LogP contribution is 2.39. The third kappa shape index (κ3) is 6.91. The highest BCUT2D eigenvalue weighted by Gasteiger charge is 2.35. The van der Waals surface area contributed by atoms with E-state index in [-0.39, 0.29) is 37.8 Å². The summed E-state index contributed by atoms with van der Waals surface area (Å²) < 4.78 is 52.4. The standard InChI is InChI=1S/C27H27F3N2O5/c28-27(29,30)22-14-18(6-9-24(22)37-20-4-2-1-3-5-20)17-36-21-7-8-23-19(15-21)11-13-32(23)25(33)16-31-12-10-26(34)35/h1-6,9,14-15,31H,7-8,10-13,16-17H2,(H,34,35). The molecule has 2 aromatic carbocycles. The minimum absolute atomic E-state index is 0.0285. The van der Waals surface area contributed by atoms with Gasteiger partial charge in [0.1, 0.15) is 18.1 Å². The van der Waals surface area contributed by atoms with Crippen molar-refractivity contribution >= 4 is 11.9 Å². The minimum atomic E-state index is -4.59. The number of ether oxygens (including phenoxy) is 2. The van der Waals surface area contributed by atoms with E-state index in [4.69, 9.17) is 14.6 Å². The minimum Gasteiger partial charge on any atom is -0.493 e. The van der Waals surface area contributed by atoms with Gasteiger partial charge in [0.05, 0.1) is 24.3 Å². The van der Waals surface area contributed by atoms with Crippen molar-refractivity contribution in [3.05, 3.63) is 82.8 Å². The van der Waals surface area contributed by atoms with Gasteiger partial charge >= 0.3 is 12.1 Å². The Morgan fingerprint density at radius 1 is 1.05 bits per heavy atom. The Hall–Kier alpha value is -3.79. The molecular formula is C27H27F3N2O5. The van der Waals surface area contributed by atoms with Crippen molar-refractivity contribution in [1.82, 2.24) is 10.2 Å². The Morgan fingerprint density at radius 3 is 2.57 bits per heavy atom. The van der Waals surface area contributed by atoms with Crippen LogP contribution >= 0.6 is 0 Å². The summed E-state index contributed by atoms with van der Waals surface area (Å²) in [5, 5.41) is 11.5. The van der Waals surface area contributed by atoms with Gasteiger partial charge in [0, 0.05) is 25.2 Å². The van der Waals surface area contributed by atoms with Crippen LogP contribution in [0.5, 0.6) is 11.5 Å². The van der Waals surface area contributed by atoms with Crippen molar-refractivity contribution in [3.8, 4) is 11.5 Å². The fourth-order valence-corrected chi connectivity index (χ4v) is 4.29. The zero-order valence-corrected chi connectivity index (χ0v) is 20.0. The molecule has 2 N–H and O–H groups in total. The number of hydrogen-bond donors (Lipinski definition) is 2. The number of hydrogen-bond acceptors (Lipinski definition) is 5. The second-order valence-corrected chi connectivity index (χ2v) is 8.73. The molecule has 10 heteroatoms. The molecule has 0 atom stereocenters. The molecule has 2 aromatic rings. The summed E-state index contributed by atoms with van der Waals surface area (Å²) in [4.78, 5) is 24.8. The Balaban J connectivity index is 1.38. The van der Waals surface area contributed by atoms with E-state index in [1.54, 1.807) is 41.3 Å². The Morgan fingerprint density at radius 2 is 1.84 bits per heavy atom. The van der Waals surface area contributed by atoms with Crippen LogP contribution in [0.3, 0.4) is 0 Å². The number of carbonyl (C=O) groups excluding carboxylic acids is 1. The molecule has 4 rings (SSSR count). The van der Waals surface area contributed by atoms with Crippen LogP contribution in [0.2, 0.25) is 0 Å². The van der Waals surface area contributed by atoms with Gasteiger partial charge in [-0.1, -0.05) is 24.3 Å². The van der Waals surface area contributed by atoms with E-state index in [0.717, 1.165) is 17.3 Å². The number of aliphatic carboxylic acids is 1. The Kier molecular flexibility index (Phi) is 8.17. The van der Waals surface area contributed by atoms with Crippen LogP contribution in [0.25, 0.3) is 0 Å². The SMILES string of the molecule is O=C(O)CCNCC(=O)N1CCC2=C1CCC(OCc1ccc(Oc3ccccc3)c(C(F)(F)F)c1)=C2. The number of rotatable bonds is 10. The number of allylic oxidation sites excluding steroid dienone is 3. The third-order valence-corrected chi connectivity index (χ3v) is 6.08. The van der Waals surface area contributed by atoms with Crippen molar-refractivity contribution < 1.29 is 37.3 Å². The van der Waals surface area contributed by atoms with Crippen LogP contribution in [0, 0.1) is 0 Å². The lowest BCUT2D eigenvalue weighted by atomic mass is 10.0. The molecule has 0 bridgehead atoms. The fourth-order valence-electron chi connectivity index (χ4n) is 4.29. The lowest BCUT2D eigenvalue weighted by Gasteiger charge is -2.24. The van der Waals surface area contributed by atoms with Gasteiger partial charge in [-0.05, 0) is 54.3 Å². The monoisotopic (exact) mass is 516 g/mol. The van der Waals surface area contributed by atoms with Crippen molar-refractivity contribution in [2.75, 3.05) is 19.6 Å². The van der Waals surface area contributed by atoms with Crippen LogP contribution in [-0.2, 0) is 27.1 Å². The number of amides is 1. The molecule has 0 aromatic heterocycles. The number of halogens is 3. The van der Waals surface area contributed by atoms with Crippen molar-refractivity contribution in [3.63, 3.8) is 0 Å². The first-order valence-corrected chi connectivity index (χ1v) is 11.9. The van der Waals surface area contributed by atoms with E-state index in [0.29, 0.717) is 42.9 Å². The first-order chi connectivity index (χ1) is 17.7. The lowest BCUT2D eigenvalue weighted by Crippen LogP contribution is -2.37. The van der Waals surface area contributed by atoms with Gasteiger partial charge in [-0.15, -0.1) is 0 Å². The quantitative estimate of drug-likeness (QED) is 0.420. The van der Waals surface area contributed by atoms with E-state index in [9.17, 15) is 22.8 Å². The van der Waals surface area contributed by atoms with Crippen molar-refractivity contribution in [2.45, 2.75) is 38.5 Å². The summed E-state index contributed by atoms with van der Waals surface area (Å²) in [5.41, 5.74) is 1.38. The van der Waals surface area contributed by atoms with Crippen LogP contribution in [-0.4, -0.2) is 41.5 Å². The van der Waals surface area contributed by atoms with E-state index in [2.05, 4.69) is 5.32 Å². The number of benzene rings is 2. The Bertz CT molecular complexity index is 1210. The smallest absolute Gasteiger partial charge is 0.419 e. The number of nitrogens with zero attached hydrogens (tertiary/aromatic N) is 1. The molecule has 7 nitrogen and oxygen atoms in total. The topological polar surface area (TPSA) is 88.1 Å². The maximum Gasteiger partial charge on any atom is 0.419 e. The molecule has 0 spiro atoms.